The van der Waals surface area contributed by atoms with E-state index in [9.17, 15) is 0 Å². The van der Waals surface area contributed by atoms with Gasteiger partial charge in [0.1, 0.15) is 0 Å². The SMILES string of the molecule is C[C@@H]1CNCCN1[C@@H](C)c1ccccn1. The van der Waals surface area contributed by atoms with E-state index in [-0.39, 0.29) is 0 Å². The first-order chi connectivity index (χ1) is 7.29. The summed E-state index contributed by atoms with van der Waals surface area (Å²) in [6, 6.07) is 7.15. The Morgan fingerprint density at radius 2 is 2.40 bits per heavy atom. The Balaban J connectivity index is 2.09. The van der Waals surface area contributed by atoms with Crippen LogP contribution in [-0.2, 0) is 0 Å². The molecule has 3 heteroatoms. The fraction of sp³-hybridized carbons (Fsp3) is 0.583. The van der Waals surface area contributed by atoms with Crippen molar-refractivity contribution in [2.45, 2.75) is 25.9 Å². The van der Waals surface area contributed by atoms with Crippen molar-refractivity contribution in [3.05, 3.63) is 30.1 Å². The number of hydrogen-bond acceptors (Lipinski definition) is 3. The van der Waals surface area contributed by atoms with Crippen LogP contribution < -0.4 is 5.32 Å². The van der Waals surface area contributed by atoms with Crippen molar-refractivity contribution in [1.82, 2.24) is 15.2 Å². The molecule has 0 spiro atoms. The first-order valence-electron chi connectivity index (χ1n) is 5.66. The van der Waals surface area contributed by atoms with Crippen LogP contribution in [0, 0.1) is 0 Å². The van der Waals surface area contributed by atoms with E-state index >= 15 is 0 Å². The first kappa shape index (κ1) is 10.6. The lowest BCUT2D eigenvalue weighted by Crippen LogP contribution is -2.50. The number of hydrogen-bond donors (Lipinski definition) is 1. The van der Waals surface area contributed by atoms with Crippen LogP contribution >= 0.6 is 0 Å². The Kier molecular flexibility index (Phi) is 3.34. The topological polar surface area (TPSA) is 28.2 Å². The van der Waals surface area contributed by atoms with Gasteiger partial charge in [-0.05, 0) is 26.0 Å². The van der Waals surface area contributed by atoms with E-state index in [1.165, 1.54) is 5.69 Å². The minimum absolute atomic E-state index is 0.420. The Hall–Kier alpha value is -0.930. The largest absolute Gasteiger partial charge is 0.314 e. The lowest BCUT2D eigenvalue weighted by molar-refractivity contribution is 0.123. The van der Waals surface area contributed by atoms with Crippen LogP contribution in [0.15, 0.2) is 24.4 Å². The van der Waals surface area contributed by atoms with Crippen LogP contribution in [0.2, 0.25) is 0 Å². The van der Waals surface area contributed by atoms with E-state index < -0.39 is 0 Å². The fourth-order valence-corrected chi connectivity index (χ4v) is 2.23. The molecule has 1 fully saturated rings. The van der Waals surface area contributed by atoms with E-state index in [1.807, 2.05) is 12.3 Å². The molecule has 1 aromatic heterocycles. The predicted octanol–water partition coefficient (Wildman–Crippen LogP) is 1.44. The van der Waals surface area contributed by atoms with Crippen LogP contribution in [-0.4, -0.2) is 35.6 Å². The van der Waals surface area contributed by atoms with Crippen molar-refractivity contribution >= 4 is 0 Å². The zero-order valence-corrected chi connectivity index (χ0v) is 9.48. The maximum atomic E-state index is 4.43. The highest BCUT2D eigenvalue weighted by Gasteiger charge is 2.24. The summed E-state index contributed by atoms with van der Waals surface area (Å²) in [5, 5.41) is 3.41. The maximum Gasteiger partial charge on any atom is 0.0572 e. The van der Waals surface area contributed by atoms with Gasteiger partial charge in [0.25, 0.3) is 0 Å². The van der Waals surface area contributed by atoms with Crippen molar-refractivity contribution in [3.63, 3.8) is 0 Å². The second-order valence-electron chi connectivity index (χ2n) is 4.22. The fourth-order valence-electron chi connectivity index (χ4n) is 2.23. The minimum atomic E-state index is 0.420. The van der Waals surface area contributed by atoms with E-state index in [0.29, 0.717) is 12.1 Å². The van der Waals surface area contributed by atoms with E-state index in [1.54, 1.807) is 0 Å². The molecule has 0 aromatic carbocycles. The van der Waals surface area contributed by atoms with Crippen molar-refractivity contribution in [2.75, 3.05) is 19.6 Å². The number of nitrogens with one attached hydrogen (secondary N) is 1. The van der Waals surface area contributed by atoms with Crippen molar-refractivity contribution < 1.29 is 0 Å². The molecule has 1 saturated heterocycles. The molecular weight excluding hydrogens is 186 g/mol. The number of aromatic nitrogens is 1. The van der Waals surface area contributed by atoms with Gasteiger partial charge in [0, 0.05) is 37.9 Å². The molecule has 1 aliphatic rings. The molecule has 82 valence electrons. The second kappa shape index (κ2) is 4.73. The number of piperazine rings is 1. The third-order valence-corrected chi connectivity index (χ3v) is 3.17. The smallest absolute Gasteiger partial charge is 0.0572 e. The highest BCUT2D eigenvalue weighted by Crippen LogP contribution is 2.20. The van der Waals surface area contributed by atoms with Crippen LogP contribution in [0.5, 0.6) is 0 Å². The van der Waals surface area contributed by atoms with Gasteiger partial charge in [-0.25, -0.2) is 0 Å². The average Bonchev–Trinajstić information content (AvgIpc) is 2.30. The second-order valence-corrected chi connectivity index (χ2v) is 4.22. The molecule has 2 atom stereocenters. The van der Waals surface area contributed by atoms with E-state index in [0.717, 1.165) is 19.6 Å². The average molecular weight is 205 g/mol. The standard InChI is InChI=1S/C12H19N3/c1-10-9-13-7-8-15(10)11(2)12-5-3-4-6-14-12/h3-6,10-11,13H,7-9H2,1-2H3/t10-,11+/m1/s1. The molecular formula is C12H19N3. The lowest BCUT2D eigenvalue weighted by atomic mass is 10.1. The Morgan fingerprint density at radius 1 is 1.53 bits per heavy atom. The maximum absolute atomic E-state index is 4.43. The quantitative estimate of drug-likeness (QED) is 0.792. The van der Waals surface area contributed by atoms with Gasteiger partial charge in [-0.2, -0.15) is 0 Å². The molecule has 0 bridgehead atoms. The van der Waals surface area contributed by atoms with Crippen LogP contribution in [0.25, 0.3) is 0 Å². The van der Waals surface area contributed by atoms with Gasteiger partial charge in [0.2, 0.25) is 0 Å². The van der Waals surface area contributed by atoms with E-state index in [2.05, 4.69) is 41.2 Å². The Morgan fingerprint density at radius 3 is 3.07 bits per heavy atom. The summed E-state index contributed by atoms with van der Waals surface area (Å²) in [7, 11) is 0. The minimum Gasteiger partial charge on any atom is -0.314 e. The first-order valence-corrected chi connectivity index (χ1v) is 5.66. The Labute approximate surface area is 91.5 Å². The summed E-state index contributed by atoms with van der Waals surface area (Å²) in [4.78, 5) is 6.94. The molecule has 1 N–H and O–H groups in total. The van der Waals surface area contributed by atoms with Gasteiger partial charge in [0.05, 0.1) is 5.69 Å². The summed E-state index contributed by atoms with van der Waals surface area (Å²) in [6.45, 7) is 7.79. The van der Waals surface area contributed by atoms with Gasteiger partial charge >= 0.3 is 0 Å². The molecule has 0 radical (unpaired) electrons. The zero-order valence-electron chi connectivity index (χ0n) is 9.48. The lowest BCUT2D eigenvalue weighted by Gasteiger charge is -2.38. The predicted molar refractivity (Wildman–Crippen MR) is 61.7 cm³/mol. The van der Waals surface area contributed by atoms with E-state index in [4.69, 9.17) is 0 Å². The summed E-state index contributed by atoms with van der Waals surface area (Å²) < 4.78 is 0. The van der Waals surface area contributed by atoms with Gasteiger partial charge < -0.3 is 5.32 Å². The van der Waals surface area contributed by atoms with Crippen LogP contribution in [0.3, 0.4) is 0 Å². The molecule has 15 heavy (non-hydrogen) atoms. The third kappa shape index (κ3) is 2.36. The molecule has 3 nitrogen and oxygen atoms in total. The monoisotopic (exact) mass is 205 g/mol. The summed E-state index contributed by atoms with van der Waals surface area (Å²) in [6.07, 6.45) is 1.87. The highest BCUT2D eigenvalue weighted by molar-refractivity contribution is 5.08. The van der Waals surface area contributed by atoms with Gasteiger partial charge in [0.15, 0.2) is 0 Å². The van der Waals surface area contributed by atoms with Crippen LogP contribution in [0.4, 0.5) is 0 Å². The highest BCUT2D eigenvalue weighted by atomic mass is 15.2. The summed E-state index contributed by atoms with van der Waals surface area (Å²) in [5.41, 5.74) is 1.17. The third-order valence-electron chi connectivity index (χ3n) is 3.17. The van der Waals surface area contributed by atoms with Crippen molar-refractivity contribution in [2.24, 2.45) is 0 Å². The molecule has 2 rings (SSSR count). The van der Waals surface area contributed by atoms with Gasteiger partial charge in [-0.3, -0.25) is 9.88 Å². The van der Waals surface area contributed by atoms with Crippen molar-refractivity contribution in [3.8, 4) is 0 Å². The molecule has 0 unspecified atom stereocenters. The molecule has 0 saturated carbocycles. The molecule has 2 heterocycles. The Bertz CT molecular complexity index is 299. The molecule has 0 aliphatic carbocycles. The van der Waals surface area contributed by atoms with Gasteiger partial charge in [-0.15, -0.1) is 0 Å². The number of nitrogens with zero attached hydrogens (tertiary/aromatic N) is 2. The number of pyridine rings is 1. The molecule has 1 aliphatic heterocycles. The number of rotatable bonds is 2. The molecule has 1 aromatic rings. The van der Waals surface area contributed by atoms with Crippen LogP contribution in [0.1, 0.15) is 25.6 Å². The van der Waals surface area contributed by atoms with Gasteiger partial charge in [-0.1, -0.05) is 6.07 Å². The molecule has 0 amide bonds. The summed E-state index contributed by atoms with van der Waals surface area (Å²) >= 11 is 0. The normalized spacial score (nSPS) is 25.1. The van der Waals surface area contributed by atoms with Crippen molar-refractivity contribution in [1.29, 1.82) is 0 Å². The zero-order chi connectivity index (χ0) is 10.7. The summed E-state index contributed by atoms with van der Waals surface area (Å²) in [5.74, 6) is 0.